The second-order valence-electron chi connectivity index (χ2n) is 7.06. The number of fused-ring (bicyclic) bond motifs is 1. The maximum absolute atomic E-state index is 11.7. The maximum Gasteiger partial charge on any atom is 0.152 e. The number of nitrogens with zero attached hydrogens (tertiary/aromatic N) is 3. The Morgan fingerprint density at radius 3 is 2.88 bits per heavy atom. The van der Waals surface area contributed by atoms with Gasteiger partial charge in [-0.25, -0.2) is 8.42 Å². The van der Waals surface area contributed by atoms with E-state index in [0.29, 0.717) is 12.3 Å². The smallest absolute Gasteiger partial charge is 0.152 e. The molecule has 0 unspecified atom stereocenters. The zero-order chi connectivity index (χ0) is 16.7. The van der Waals surface area contributed by atoms with E-state index in [4.69, 9.17) is 0 Å². The van der Waals surface area contributed by atoms with E-state index in [1.165, 1.54) is 11.3 Å². The van der Waals surface area contributed by atoms with Crippen molar-refractivity contribution in [2.45, 2.75) is 38.3 Å². The van der Waals surface area contributed by atoms with Gasteiger partial charge in [0.2, 0.25) is 0 Å². The molecule has 2 aliphatic rings. The molecule has 2 aromatic rings. The third-order valence-electron chi connectivity index (χ3n) is 5.25. The first kappa shape index (κ1) is 15.7. The number of anilines is 1. The van der Waals surface area contributed by atoms with Crippen LogP contribution in [0.5, 0.6) is 0 Å². The van der Waals surface area contributed by atoms with E-state index in [1.807, 2.05) is 17.1 Å². The summed E-state index contributed by atoms with van der Waals surface area (Å²) in [5.74, 6) is 1.10. The Hall–Kier alpha value is -1.82. The fourth-order valence-electron chi connectivity index (χ4n) is 3.85. The van der Waals surface area contributed by atoms with Gasteiger partial charge in [-0.15, -0.1) is 0 Å². The van der Waals surface area contributed by atoms with Crippen LogP contribution in [-0.2, 0) is 16.4 Å². The summed E-state index contributed by atoms with van der Waals surface area (Å²) in [4.78, 5) is 2.40. The van der Waals surface area contributed by atoms with Crippen LogP contribution in [-0.4, -0.2) is 36.2 Å². The molecule has 2 atom stereocenters. The summed E-state index contributed by atoms with van der Waals surface area (Å²) in [5, 5.41) is 4.43. The number of benzene rings is 1. The van der Waals surface area contributed by atoms with Crippen LogP contribution >= 0.6 is 0 Å². The largest absolute Gasteiger partial charge is 0.367 e. The van der Waals surface area contributed by atoms with E-state index >= 15 is 0 Å². The van der Waals surface area contributed by atoms with Gasteiger partial charge in [-0.1, -0.05) is 25.1 Å². The molecular formula is C18H23N3O2S. The number of para-hydroxylation sites is 1. The van der Waals surface area contributed by atoms with E-state index in [-0.39, 0.29) is 17.5 Å². The Kier molecular flexibility index (Phi) is 3.87. The van der Waals surface area contributed by atoms with E-state index in [0.717, 1.165) is 25.1 Å². The summed E-state index contributed by atoms with van der Waals surface area (Å²) in [6.45, 7) is 4.15. The number of aromatic nitrogens is 2. The van der Waals surface area contributed by atoms with Crippen LogP contribution in [0, 0.1) is 0 Å². The molecule has 3 heterocycles. The average Bonchev–Trinajstić information content (AvgIpc) is 3.16. The molecule has 0 spiro atoms. The standard InChI is InChI=1S/C18H23N3O2S/c1-14-6-8-20(18-5-3-2-4-17(14)18)11-15-10-19-21(12-15)16-7-9-24(22,23)13-16/h2-5,10,12,14,16H,6-9,11,13H2,1H3/t14-,16-/m1/s1. The zero-order valence-corrected chi connectivity index (χ0v) is 14.7. The second-order valence-corrected chi connectivity index (χ2v) is 9.28. The van der Waals surface area contributed by atoms with Crippen LogP contribution in [0.3, 0.4) is 0 Å². The van der Waals surface area contributed by atoms with Crippen LogP contribution < -0.4 is 4.90 Å². The molecule has 6 heteroatoms. The number of sulfone groups is 1. The molecule has 1 aromatic carbocycles. The maximum atomic E-state index is 11.7. The van der Waals surface area contributed by atoms with Crippen molar-refractivity contribution in [2.24, 2.45) is 0 Å². The number of rotatable bonds is 3. The van der Waals surface area contributed by atoms with Gasteiger partial charge >= 0.3 is 0 Å². The first-order valence-electron chi connectivity index (χ1n) is 8.59. The Labute approximate surface area is 143 Å². The Balaban J connectivity index is 1.52. The Morgan fingerprint density at radius 1 is 1.25 bits per heavy atom. The molecule has 24 heavy (non-hydrogen) atoms. The summed E-state index contributed by atoms with van der Waals surface area (Å²) in [7, 11) is -2.88. The van der Waals surface area contributed by atoms with Crippen molar-refractivity contribution >= 4 is 15.5 Å². The monoisotopic (exact) mass is 345 g/mol. The zero-order valence-electron chi connectivity index (χ0n) is 13.9. The van der Waals surface area contributed by atoms with Crippen molar-refractivity contribution in [3.63, 3.8) is 0 Å². The van der Waals surface area contributed by atoms with Gasteiger partial charge in [0, 0.05) is 30.5 Å². The van der Waals surface area contributed by atoms with E-state index in [1.54, 1.807) is 0 Å². The molecular weight excluding hydrogens is 322 g/mol. The van der Waals surface area contributed by atoms with E-state index in [2.05, 4.69) is 41.2 Å². The highest BCUT2D eigenvalue weighted by molar-refractivity contribution is 7.91. The Morgan fingerprint density at radius 2 is 2.08 bits per heavy atom. The molecule has 1 fully saturated rings. The van der Waals surface area contributed by atoms with Gasteiger partial charge < -0.3 is 4.90 Å². The van der Waals surface area contributed by atoms with E-state index < -0.39 is 9.84 Å². The lowest BCUT2D eigenvalue weighted by Crippen LogP contribution is -2.29. The third kappa shape index (κ3) is 2.95. The molecule has 1 saturated heterocycles. The summed E-state index contributed by atoms with van der Waals surface area (Å²) < 4.78 is 25.2. The minimum absolute atomic E-state index is 0.00239. The molecule has 1 aromatic heterocycles. The quantitative estimate of drug-likeness (QED) is 0.858. The van der Waals surface area contributed by atoms with Crippen molar-refractivity contribution in [1.82, 2.24) is 9.78 Å². The molecule has 0 saturated carbocycles. The number of hydrogen-bond donors (Lipinski definition) is 0. The highest BCUT2D eigenvalue weighted by Crippen LogP contribution is 2.35. The van der Waals surface area contributed by atoms with Crippen molar-refractivity contribution < 1.29 is 8.42 Å². The summed E-state index contributed by atoms with van der Waals surface area (Å²) >= 11 is 0. The Bertz CT molecular complexity index is 843. The van der Waals surface area contributed by atoms with Crippen LogP contribution in [0.2, 0.25) is 0 Å². The highest BCUT2D eigenvalue weighted by atomic mass is 32.2. The van der Waals surface area contributed by atoms with Crippen LogP contribution in [0.25, 0.3) is 0 Å². The van der Waals surface area contributed by atoms with Gasteiger partial charge in [0.1, 0.15) is 0 Å². The molecule has 0 radical (unpaired) electrons. The van der Waals surface area contributed by atoms with Gasteiger partial charge in [0.25, 0.3) is 0 Å². The predicted octanol–water partition coefficient (Wildman–Crippen LogP) is 2.76. The van der Waals surface area contributed by atoms with Crippen molar-refractivity contribution in [3.05, 3.63) is 47.8 Å². The fraction of sp³-hybridized carbons (Fsp3) is 0.500. The average molecular weight is 345 g/mol. The SMILES string of the molecule is C[C@@H]1CCN(Cc2cnn([C@@H]3CCS(=O)(=O)C3)c2)c2ccccc21. The summed E-state index contributed by atoms with van der Waals surface area (Å²) in [5.41, 5.74) is 3.87. The molecule has 0 N–H and O–H groups in total. The molecule has 5 nitrogen and oxygen atoms in total. The summed E-state index contributed by atoms with van der Waals surface area (Å²) in [6.07, 6.45) is 5.73. The molecule has 0 amide bonds. The normalized spacial score (nSPS) is 25.6. The number of hydrogen-bond acceptors (Lipinski definition) is 4. The lowest BCUT2D eigenvalue weighted by molar-refractivity contribution is 0.499. The van der Waals surface area contributed by atoms with Crippen molar-refractivity contribution in [3.8, 4) is 0 Å². The van der Waals surface area contributed by atoms with Gasteiger partial charge in [0.15, 0.2) is 9.84 Å². The molecule has 128 valence electrons. The fourth-order valence-corrected chi connectivity index (χ4v) is 5.55. The predicted molar refractivity (Wildman–Crippen MR) is 95.1 cm³/mol. The van der Waals surface area contributed by atoms with Crippen molar-refractivity contribution in [2.75, 3.05) is 23.0 Å². The molecule has 4 rings (SSSR count). The second kappa shape index (κ2) is 5.92. The lowest BCUT2D eigenvalue weighted by Gasteiger charge is -2.34. The van der Waals surface area contributed by atoms with Gasteiger partial charge in [0.05, 0.1) is 23.7 Å². The first-order valence-corrected chi connectivity index (χ1v) is 10.4. The third-order valence-corrected chi connectivity index (χ3v) is 7.00. The topological polar surface area (TPSA) is 55.2 Å². The van der Waals surface area contributed by atoms with Crippen molar-refractivity contribution in [1.29, 1.82) is 0 Å². The van der Waals surface area contributed by atoms with E-state index in [9.17, 15) is 8.42 Å². The lowest BCUT2D eigenvalue weighted by atomic mass is 9.91. The van der Waals surface area contributed by atoms with Gasteiger partial charge in [-0.3, -0.25) is 4.68 Å². The van der Waals surface area contributed by atoms with Gasteiger partial charge in [-0.05, 0) is 30.4 Å². The molecule has 2 aliphatic heterocycles. The van der Waals surface area contributed by atoms with Crippen LogP contribution in [0.1, 0.15) is 42.9 Å². The highest BCUT2D eigenvalue weighted by Gasteiger charge is 2.30. The summed E-state index contributed by atoms with van der Waals surface area (Å²) in [6, 6.07) is 8.61. The minimum atomic E-state index is -2.88. The van der Waals surface area contributed by atoms with Gasteiger partial charge in [-0.2, -0.15) is 5.10 Å². The molecule has 0 aliphatic carbocycles. The molecule has 0 bridgehead atoms. The van der Waals surface area contributed by atoms with Crippen LogP contribution in [0.15, 0.2) is 36.7 Å². The first-order chi connectivity index (χ1) is 11.5. The minimum Gasteiger partial charge on any atom is -0.367 e. The van der Waals surface area contributed by atoms with Crippen LogP contribution in [0.4, 0.5) is 5.69 Å².